The molecule has 0 spiro atoms. The molecule has 2 aromatic carbocycles. The fourth-order valence-corrected chi connectivity index (χ4v) is 4.69. The number of aromatic nitrogens is 1. The Morgan fingerprint density at radius 2 is 1.97 bits per heavy atom. The number of halogens is 2. The van der Waals surface area contributed by atoms with Crippen molar-refractivity contribution in [3.8, 4) is 17.2 Å². The van der Waals surface area contributed by atoms with E-state index >= 15 is 0 Å². The Morgan fingerprint density at radius 1 is 1.12 bits per heavy atom. The highest BCUT2D eigenvalue weighted by Crippen LogP contribution is 2.41. The summed E-state index contributed by atoms with van der Waals surface area (Å²) in [5.74, 6) is 2.07. The second-order valence-electron chi connectivity index (χ2n) is 8.03. The van der Waals surface area contributed by atoms with Crippen molar-refractivity contribution in [1.29, 1.82) is 0 Å². The SMILES string of the molecule is CCOc1cc2c(cc1OC)CCN(C(F)F)[C@H]2CCCc1c[nH]c2ccc(OC)cc12. The van der Waals surface area contributed by atoms with Crippen molar-refractivity contribution < 1.29 is 23.0 Å². The van der Waals surface area contributed by atoms with E-state index in [9.17, 15) is 8.78 Å². The molecule has 3 aromatic rings. The van der Waals surface area contributed by atoms with Crippen molar-refractivity contribution in [3.05, 3.63) is 53.2 Å². The molecule has 0 bridgehead atoms. The van der Waals surface area contributed by atoms with Crippen LogP contribution in [0.2, 0.25) is 0 Å². The normalized spacial score (nSPS) is 16.4. The zero-order valence-corrected chi connectivity index (χ0v) is 18.8. The Labute approximate surface area is 187 Å². The van der Waals surface area contributed by atoms with Crippen molar-refractivity contribution in [2.24, 2.45) is 0 Å². The first-order valence-electron chi connectivity index (χ1n) is 11.1. The van der Waals surface area contributed by atoms with Gasteiger partial charge in [-0.1, -0.05) is 0 Å². The van der Waals surface area contributed by atoms with Crippen LogP contribution in [0, 0.1) is 0 Å². The quantitative estimate of drug-likeness (QED) is 0.428. The van der Waals surface area contributed by atoms with Gasteiger partial charge in [0.15, 0.2) is 11.5 Å². The topological polar surface area (TPSA) is 46.7 Å². The molecule has 0 saturated carbocycles. The molecule has 2 heterocycles. The van der Waals surface area contributed by atoms with Gasteiger partial charge >= 0.3 is 0 Å². The van der Waals surface area contributed by atoms with E-state index in [0.29, 0.717) is 37.5 Å². The number of ether oxygens (including phenoxy) is 3. The second kappa shape index (κ2) is 9.77. The van der Waals surface area contributed by atoms with Crippen LogP contribution in [0.25, 0.3) is 10.9 Å². The molecule has 4 rings (SSSR count). The summed E-state index contributed by atoms with van der Waals surface area (Å²) >= 11 is 0. The molecule has 5 nitrogen and oxygen atoms in total. The highest BCUT2D eigenvalue weighted by atomic mass is 19.3. The van der Waals surface area contributed by atoms with Crippen LogP contribution in [0.1, 0.15) is 42.5 Å². The van der Waals surface area contributed by atoms with E-state index in [1.165, 1.54) is 10.5 Å². The second-order valence-corrected chi connectivity index (χ2v) is 8.03. The lowest BCUT2D eigenvalue weighted by molar-refractivity contribution is -0.0612. The monoisotopic (exact) mass is 444 g/mol. The number of hydrogen-bond donors (Lipinski definition) is 1. The minimum atomic E-state index is -2.50. The predicted molar refractivity (Wildman–Crippen MR) is 121 cm³/mol. The summed E-state index contributed by atoms with van der Waals surface area (Å²) in [6.07, 6.45) is 4.78. The van der Waals surface area contributed by atoms with Gasteiger partial charge in [0.1, 0.15) is 5.75 Å². The summed E-state index contributed by atoms with van der Waals surface area (Å²) in [5.41, 5.74) is 4.19. The zero-order chi connectivity index (χ0) is 22.7. The van der Waals surface area contributed by atoms with Gasteiger partial charge in [-0.05, 0) is 79.6 Å². The van der Waals surface area contributed by atoms with Crippen molar-refractivity contribution in [3.63, 3.8) is 0 Å². The van der Waals surface area contributed by atoms with Gasteiger partial charge < -0.3 is 19.2 Å². The van der Waals surface area contributed by atoms with Crippen LogP contribution < -0.4 is 14.2 Å². The largest absolute Gasteiger partial charge is 0.497 e. The minimum absolute atomic E-state index is 0.330. The molecule has 0 amide bonds. The van der Waals surface area contributed by atoms with E-state index < -0.39 is 6.55 Å². The summed E-state index contributed by atoms with van der Waals surface area (Å²) < 4.78 is 44.3. The highest BCUT2D eigenvalue weighted by Gasteiger charge is 2.33. The third kappa shape index (κ3) is 4.39. The Kier molecular flexibility index (Phi) is 6.84. The third-order valence-electron chi connectivity index (χ3n) is 6.27. The molecular formula is C25H30F2N2O3. The van der Waals surface area contributed by atoms with Crippen LogP contribution in [-0.2, 0) is 12.8 Å². The summed E-state index contributed by atoms with van der Waals surface area (Å²) in [6.45, 7) is 0.222. The molecule has 7 heteroatoms. The number of benzene rings is 2. The van der Waals surface area contributed by atoms with Gasteiger partial charge in [-0.3, -0.25) is 0 Å². The van der Waals surface area contributed by atoms with Gasteiger partial charge in [0.25, 0.3) is 6.55 Å². The number of nitrogens with zero attached hydrogens (tertiary/aromatic N) is 1. The molecule has 0 radical (unpaired) electrons. The number of fused-ring (bicyclic) bond motifs is 2. The van der Waals surface area contributed by atoms with Gasteiger partial charge in [0, 0.05) is 29.7 Å². The number of aromatic amines is 1. The average Bonchev–Trinajstić information content (AvgIpc) is 3.20. The van der Waals surface area contributed by atoms with E-state index in [1.54, 1.807) is 14.2 Å². The molecule has 0 saturated heterocycles. The maximum Gasteiger partial charge on any atom is 0.295 e. The zero-order valence-electron chi connectivity index (χ0n) is 18.8. The molecule has 172 valence electrons. The van der Waals surface area contributed by atoms with Crippen molar-refractivity contribution in [1.82, 2.24) is 9.88 Å². The molecule has 1 aliphatic rings. The van der Waals surface area contributed by atoms with Crippen LogP contribution in [0.15, 0.2) is 36.5 Å². The summed E-state index contributed by atoms with van der Waals surface area (Å²) in [7, 11) is 3.25. The van der Waals surface area contributed by atoms with Gasteiger partial charge in [-0.15, -0.1) is 0 Å². The number of nitrogens with one attached hydrogen (secondary N) is 1. The standard InChI is InChI=1S/C25H30F2N2O3/c1-4-32-24-14-20-16(12-23(24)31-3)10-11-29(25(26)27)22(20)7-5-6-17-15-28-21-9-8-18(30-2)13-19(17)21/h8-9,12-15,22,25,28H,4-7,10-11H2,1-3H3/t22-/m0/s1. The molecule has 0 aliphatic carbocycles. The summed E-state index contributed by atoms with van der Waals surface area (Å²) in [4.78, 5) is 4.60. The Hall–Kier alpha value is -2.80. The van der Waals surface area contributed by atoms with Crippen LogP contribution in [-0.4, -0.2) is 43.8 Å². The van der Waals surface area contributed by atoms with Gasteiger partial charge in [0.2, 0.25) is 0 Å². The van der Waals surface area contributed by atoms with Crippen molar-refractivity contribution in [2.45, 2.75) is 45.2 Å². The van der Waals surface area contributed by atoms with Crippen molar-refractivity contribution in [2.75, 3.05) is 27.4 Å². The summed E-state index contributed by atoms with van der Waals surface area (Å²) in [6, 6.07) is 9.42. The summed E-state index contributed by atoms with van der Waals surface area (Å²) in [5, 5.41) is 1.11. The molecular weight excluding hydrogens is 414 g/mol. The van der Waals surface area contributed by atoms with E-state index in [1.807, 2.05) is 43.5 Å². The fraction of sp³-hybridized carbons (Fsp3) is 0.440. The number of methoxy groups -OCH3 is 2. The van der Waals surface area contributed by atoms with E-state index in [0.717, 1.165) is 40.6 Å². The molecule has 1 atom stereocenters. The lowest BCUT2D eigenvalue weighted by Crippen LogP contribution is -2.39. The van der Waals surface area contributed by atoms with E-state index in [4.69, 9.17) is 14.2 Å². The first kappa shape index (κ1) is 22.4. The lowest BCUT2D eigenvalue weighted by atomic mass is 9.88. The molecule has 32 heavy (non-hydrogen) atoms. The molecule has 0 unspecified atom stereocenters. The maximum absolute atomic E-state index is 13.9. The maximum atomic E-state index is 13.9. The Balaban J connectivity index is 1.57. The lowest BCUT2D eigenvalue weighted by Gasteiger charge is -2.37. The van der Waals surface area contributed by atoms with E-state index in [-0.39, 0.29) is 6.04 Å². The molecule has 1 aromatic heterocycles. The van der Waals surface area contributed by atoms with Gasteiger partial charge in [-0.25, -0.2) is 4.90 Å². The number of alkyl halides is 2. The number of H-pyrrole nitrogens is 1. The number of hydrogen-bond acceptors (Lipinski definition) is 4. The third-order valence-corrected chi connectivity index (χ3v) is 6.27. The van der Waals surface area contributed by atoms with Crippen LogP contribution >= 0.6 is 0 Å². The number of aryl methyl sites for hydroxylation is 1. The van der Waals surface area contributed by atoms with Gasteiger partial charge in [-0.2, -0.15) is 8.78 Å². The van der Waals surface area contributed by atoms with Crippen LogP contribution in [0.3, 0.4) is 0 Å². The van der Waals surface area contributed by atoms with E-state index in [2.05, 4.69) is 4.98 Å². The Bertz CT molecular complexity index is 1070. The van der Waals surface area contributed by atoms with Crippen LogP contribution in [0.5, 0.6) is 17.2 Å². The predicted octanol–water partition coefficient (Wildman–Crippen LogP) is 5.73. The smallest absolute Gasteiger partial charge is 0.295 e. The first-order chi connectivity index (χ1) is 15.5. The van der Waals surface area contributed by atoms with Crippen molar-refractivity contribution >= 4 is 10.9 Å². The first-order valence-corrected chi connectivity index (χ1v) is 11.1. The average molecular weight is 445 g/mol. The highest BCUT2D eigenvalue weighted by molar-refractivity contribution is 5.84. The molecule has 0 fully saturated rings. The molecule has 1 aliphatic heterocycles. The fourth-order valence-electron chi connectivity index (χ4n) is 4.69. The molecule has 1 N–H and O–H groups in total. The Morgan fingerprint density at radius 3 is 2.69 bits per heavy atom. The van der Waals surface area contributed by atoms with Gasteiger partial charge in [0.05, 0.1) is 20.8 Å². The number of rotatable bonds is 9. The van der Waals surface area contributed by atoms with Crippen LogP contribution in [0.4, 0.5) is 8.78 Å². The minimum Gasteiger partial charge on any atom is -0.497 e.